The number of anilines is 1. The average Bonchev–Trinajstić information content (AvgIpc) is 2.67. The van der Waals surface area contributed by atoms with Gasteiger partial charge in [-0.25, -0.2) is 4.68 Å². The summed E-state index contributed by atoms with van der Waals surface area (Å²) < 4.78 is 1.61. The van der Waals surface area contributed by atoms with Crippen LogP contribution in [0.1, 0.15) is 18.9 Å². The van der Waals surface area contributed by atoms with Gasteiger partial charge in [0.05, 0.1) is 11.3 Å². The Kier molecular flexibility index (Phi) is 2.28. The Morgan fingerprint density at radius 1 is 1.29 bits per heavy atom. The van der Waals surface area contributed by atoms with E-state index >= 15 is 0 Å². The zero-order valence-corrected chi connectivity index (χ0v) is 9.73. The van der Waals surface area contributed by atoms with Crippen LogP contribution in [0.2, 0.25) is 0 Å². The highest BCUT2D eigenvalue weighted by molar-refractivity contribution is 5.48. The first kappa shape index (κ1) is 10.2. The molecule has 0 amide bonds. The van der Waals surface area contributed by atoms with Crippen LogP contribution in [0.15, 0.2) is 35.1 Å². The van der Waals surface area contributed by atoms with Crippen molar-refractivity contribution in [2.75, 3.05) is 5.32 Å². The van der Waals surface area contributed by atoms with E-state index < -0.39 is 0 Å². The van der Waals surface area contributed by atoms with Gasteiger partial charge in [0, 0.05) is 6.04 Å². The van der Waals surface area contributed by atoms with E-state index in [0.717, 1.165) is 29.9 Å². The van der Waals surface area contributed by atoms with Gasteiger partial charge in [-0.05, 0) is 31.9 Å². The Labute approximate surface area is 99.3 Å². The number of hydrogen-bond acceptors (Lipinski definition) is 2. The van der Waals surface area contributed by atoms with Crippen molar-refractivity contribution in [1.29, 1.82) is 0 Å². The maximum Gasteiger partial charge on any atom is 0.276 e. The monoisotopic (exact) mass is 229 g/mol. The van der Waals surface area contributed by atoms with E-state index in [1.807, 2.05) is 30.3 Å². The van der Waals surface area contributed by atoms with Crippen molar-refractivity contribution in [2.24, 2.45) is 0 Å². The highest BCUT2D eigenvalue weighted by atomic mass is 16.1. The largest absolute Gasteiger partial charge is 0.368 e. The lowest BCUT2D eigenvalue weighted by molar-refractivity contribution is 0.677. The SMILES string of the molecule is C[C@@H]1CCc2c([nH]n(-c3ccccc3)c2=O)N1. The third-order valence-electron chi connectivity index (χ3n) is 3.22. The predicted octanol–water partition coefficient (Wildman–Crippen LogP) is 1.91. The summed E-state index contributed by atoms with van der Waals surface area (Å²) in [5.41, 5.74) is 1.80. The fourth-order valence-electron chi connectivity index (χ4n) is 2.26. The van der Waals surface area contributed by atoms with Gasteiger partial charge in [0.2, 0.25) is 0 Å². The molecule has 0 bridgehead atoms. The molecule has 0 fully saturated rings. The van der Waals surface area contributed by atoms with Crippen molar-refractivity contribution in [2.45, 2.75) is 25.8 Å². The van der Waals surface area contributed by atoms with Crippen LogP contribution in [0, 0.1) is 0 Å². The number of rotatable bonds is 1. The van der Waals surface area contributed by atoms with Crippen LogP contribution in [-0.4, -0.2) is 15.8 Å². The molecule has 17 heavy (non-hydrogen) atoms. The lowest BCUT2D eigenvalue weighted by Gasteiger charge is -2.19. The summed E-state index contributed by atoms with van der Waals surface area (Å²) in [6.07, 6.45) is 1.85. The van der Waals surface area contributed by atoms with Crippen LogP contribution in [-0.2, 0) is 6.42 Å². The predicted molar refractivity (Wildman–Crippen MR) is 67.8 cm³/mol. The summed E-state index contributed by atoms with van der Waals surface area (Å²) in [6.45, 7) is 2.13. The minimum Gasteiger partial charge on any atom is -0.368 e. The average molecular weight is 229 g/mol. The molecular formula is C13H15N3O. The lowest BCUT2D eigenvalue weighted by Crippen LogP contribution is -2.24. The first-order valence-corrected chi connectivity index (χ1v) is 5.91. The molecule has 0 radical (unpaired) electrons. The summed E-state index contributed by atoms with van der Waals surface area (Å²) in [5.74, 6) is 0.873. The zero-order chi connectivity index (χ0) is 11.8. The number of para-hydroxylation sites is 1. The van der Waals surface area contributed by atoms with Crippen molar-refractivity contribution in [3.63, 3.8) is 0 Å². The molecule has 4 heteroatoms. The zero-order valence-electron chi connectivity index (χ0n) is 9.73. The molecule has 1 aliphatic rings. The molecule has 0 spiro atoms. The van der Waals surface area contributed by atoms with Crippen LogP contribution in [0.3, 0.4) is 0 Å². The number of aromatic nitrogens is 2. The third kappa shape index (κ3) is 1.65. The van der Waals surface area contributed by atoms with Crippen LogP contribution >= 0.6 is 0 Å². The second-order valence-electron chi connectivity index (χ2n) is 4.53. The summed E-state index contributed by atoms with van der Waals surface area (Å²) in [4.78, 5) is 12.2. The molecule has 2 N–H and O–H groups in total. The van der Waals surface area contributed by atoms with E-state index in [9.17, 15) is 4.79 Å². The number of nitrogens with one attached hydrogen (secondary N) is 2. The van der Waals surface area contributed by atoms with E-state index in [4.69, 9.17) is 0 Å². The Morgan fingerprint density at radius 2 is 2.06 bits per heavy atom. The minimum absolute atomic E-state index is 0.0607. The molecule has 1 atom stereocenters. The molecule has 0 saturated carbocycles. The Balaban J connectivity index is 2.12. The van der Waals surface area contributed by atoms with Crippen molar-refractivity contribution in [3.8, 4) is 5.69 Å². The van der Waals surface area contributed by atoms with Gasteiger partial charge in [-0.3, -0.25) is 9.89 Å². The number of hydrogen-bond donors (Lipinski definition) is 2. The van der Waals surface area contributed by atoms with Gasteiger partial charge < -0.3 is 5.32 Å². The lowest BCUT2D eigenvalue weighted by atomic mass is 10.0. The topological polar surface area (TPSA) is 49.8 Å². The highest BCUT2D eigenvalue weighted by Crippen LogP contribution is 2.20. The normalized spacial score (nSPS) is 18.5. The first-order valence-electron chi connectivity index (χ1n) is 5.91. The Morgan fingerprint density at radius 3 is 2.82 bits per heavy atom. The van der Waals surface area contributed by atoms with Crippen LogP contribution in [0.25, 0.3) is 5.69 Å². The Bertz CT molecular complexity index is 582. The maximum absolute atomic E-state index is 12.2. The van der Waals surface area contributed by atoms with Gasteiger partial charge >= 0.3 is 0 Å². The second-order valence-corrected chi connectivity index (χ2v) is 4.53. The number of aromatic amines is 1. The molecule has 2 aromatic rings. The Hall–Kier alpha value is -1.97. The van der Waals surface area contributed by atoms with Crippen molar-refractivity contribution in [3.05, 3.63) is 46.2 Å². The van der Waals surface area contributed by atoms with Gasteiger partial charge in [0.1, 0.15) is 5.82 Å². The maximum atomic E-state index is 12.2. The van der Waals surface area contributed by atoms with Crippen LogP contribution in [0.4, 0.5) is 5.82 Å². The molecule has 2 heterocycles. The second kappa shape index (κ2) is 3.80. The molecule has 1 aromatic carbocycles. The van der Waals surface area contributed by atoms with Crippen molar-refractivity contribution < 1.29 is 0 Å². The van der Waals surface area contributed by atoms with E-state index in [-0.39, 0.29) is 5.56 Å². The van der Waals surface area contributed by atoms with Gasteiger partial charge in [-0.2, -0.15) is 0 Å². The fourth-order valence-corrected chi connectivity index (χ4v) is 2.26. The van der Waals surface area contributed by atoms with E-state index in [0.29, 0.717) is 6.04 Å². The van der Waals surface area contributed by atoms with Crippen LogP contribution in [0.5, 0.6) is 0 Å². The molecule has 0 unspecified atom stereocenters. The minimum atomic E-state index is 0.0607. The van der Waals surface area contributed by atoms with Gasteiger partial charge in [-0.1, -0.05) is 18.2 Å². The summed E-state index contributed by atoms with van der Waals surface area (Å²) >= 11 is 0. The first-order chi connectivity index (χ1) is 8.25. The van der Waals surface area contributed by atoms with Gasteiger partial charge in [-0.15, -0.1) is 0 Å². The number of benzene rings is 1. The number of H-pyrrole nitrogens is 1. The molecule has 3 rings (SSSR count). The van der Waals surface area contributed by atoms with E-state index in [2.05, 4.69) is 17.3 Å². The number of nitrogens with zero attached hydrogens (tertiary/aromatic N) is 1. The van der Waals surface area contributed by atoms with Crippen molar-refractivity contribution >= 4 is 5.82 Å². The van der Waals surface area contributed by atoms with E-state index in [1.165, 1.54) is 0 Å². The molecule has 1 aromatic heterocycles. The standard InChI is InChI=1S/C13H15N3O/c1-9-7-8-11-12(14-9)15-16(13(11)17)10-5-3-2-4-6-10/h2-6,9,14-15H,7-8H2,1H3/t9-/m1/s1. The van der Waals surface area contributed by atoms with Crippen molar-refractivity contribution in [1.82, 2.24) is 9.78 Å². The molecule has 0 aliphatic carbocycles. The summed E-state index contributed by atoms with van der Waals surface area (Å²) in [6, 6.07) is 10.1. The summed E-state index contributed by atoms with van der Waals surface area (Å²) in [7, 11) is 0. The highest BCUT2D eigenvalue weighted by Gasteiger charge is 2.21. The molecule has 4 nitrogen and oxygen atoms in total. The molecule has 88 valence electrons. The smallest absolute Gasteiger partial charge is 0.276 e. The summed E-state index contributed by atoms with van der Waals surface area (Å²) in [5, 5.41) is 6.46. The fraction of sp³-hybridized carbons (Fsp3) is 0.308. The molecule has 1 aliphatic heterocycles. The van der Waals surface area contributed by atoms with Crippen LogP contribution < -0.4 is 10.9 Å². The number of fused-ring (bicyclic) bond motifs is 1. The van der Waals surface area contributed by atoms with E-state index in [1.54, 1.807) is 4.68 Å². The molecular weight excluding hydrogens is 214 g/mol. The third-order valence-corrected chi connectivity index (χ3v) is 3.22. The quantitative estimate of drug-likeness (QED) is 0.784. The van der Waals surface area contributed by atoms with Gasteiger partial charge in [0.25, 0.3) is 5.56 Å². The molecule has 0 saturated heterocycles. The van der Waals surface area contributed by atoms with Gasteiger partial charge in [0.15, 0.2) is 0 Å².